The van der Waals surface area contributed by atoms with E-state index in [1.165, 1.54) is 0 Å². The Morgan fingerprint density at radius 1 is 1.27 bits per heavy atom. The van der Waals surface area contributed by atoms with Crippen molar-refractivity contribution in [1.82, 2.24) is 0 Å². The number of hydrogen-bond acceptors (Lipinski definition) is 3. The summed E-state index contributed by atoms with van der Waals surface area (Å²) in [5, 5.41) is 20.7. The van der Waals surface area contributed by atoms with E-state index in [2.05, 4.69) is 6.92 Å². The van der Waals surface area contributed by atoms with E-state index < -0.39 is 23.8 Å². The summed E-state index contributed by atoms with van der Waals surface area (Å²) in [6.07, 6.45) is 3.45. The third-order valence-electron chi connectivity index (χ3n) is 6.16. The summed E-state index contributed by atoms with van der Waals surface area (Å²) >= 11 is 0. The summed E-state index contributed by atoms with van der Waals surface area (Å²) in [7, 11) is 0. The number of carboxylic acid groups (broad SMARTS) is 1. The van der Waals surface area contributed by atoms with E-state index >= 15 is 0 Å². The maximum atomic E-state index is 12.1. The van der Waals surface area contributed by atoms with Crippen molar-refractivity contribution in [1.29, 1.82) is 0 Å². The molecular formula is C22H32O4. The highest BCUT2D eigenvalue weighted by Gasteiger charge is 2.48. The molecule has 2 aliphatic carbocycles. The van der Waals surface area contributed by atoms with Crippen molar-refractivity contribution in [3.63, 3.8) is 0 Å². The lowest BCUT2D eigenvalue weighted by Gasteiger charge is -2.39. The van der Waals surface area contributed by atoms with Crippen LogP contribution in [0, 0.1) is 12.8 Å². The molecule has 26 heavy (non-hydrogen) atoms. The van der Waals surface area contributed by atoms with Crippen LogP contribution in [0.3, 0.4) is 0 Å². The van der Waals surface area contributed by atoms with Crippen molar-refractivity contribution in [2.45, 2.75) is 89.9 Å². The number of benzene rings is 1. The van der Waals surface area contributed by atoms with E-state index in [0.717, 1.165) is 47.9 Å². The molecule has 0 aromatic heterocycles. The van der Waals surface area contributed by atoms with Gasteiger partial charge in [-0.05, 0) is 93.4 Å². The van der Waals surface area contributed by atoms with Gasteiger partial charge in [-0.15, -0.1) is 0 Å². The lowest BCUT2D eigenvalue weighted by atomic mass is 9.66. The van der Waals surface area contributed by atoms with Crippen LogP contribution in [0.1, 0.15) is 94.3 Å². The van der Waals surface area contributed by atoms with Crippen molar-refractivity contribution in [3.8, 4) is 0 Å². The van der Waals surface area contributed by atoms with Crippen LogP contribution in [-0.2, 0) is 14.9 Å². The molecule has 4 heteroatoms. The summed E-state index contributed by atoms with van der Waals surface area (Å²) in [4.78, 5) is 12.1. The van der Waals surface area contributed by atoms with E-state index in [1.54, 1.807) is 0 Å². The van der Waals surface area contributed by atoms with Gasteiger partial charge >= 0.3 is 5.97 Å². The second-order valence-corrected chi connectivity index (χ2v) is 9.39. The molecule has 2 unspecified atom stereocenters. The Balaban J connectivity index is 2.17. The highest BCUT2D eigenvalue weighted by molar-refractivity contribution is 5.76. The summed E-state index contributed by atoms with van der Waals surface area (Å²) in [5.74, 6) is -0.270. The Kier molecular flexibility index (Phi) is 4.95. The van der Waals surface area contributed by atoms with Crippen LogP contribution in [-0.4, -0.2) is 21.8 Å². The molecule has 3 rings (SSSR count). The van der Waals surface area contributed by atoms with Gasteiger partial charge < -0.3 is 14.9 Å². The summed E-state index contributed by atoms with van der Waals surface area (Å²) in [6, 6.07) is 3.92. The standard InChI is InChI=1S/C22H32O4/c1-13-8-10-22(11-9-13)12-16(23)15-7-6-14(2)17(18(15)22)19(20(24)25)26-21(3,4)5/h6-7,13,16,19,23H,8-12H2,1-5H3,(H,24,25). The Hall–Kier alpha value is -1.39. The molecule has 2 atom stereocenters. The summed E-state index contributed by atoms with van der Waals surface area (Å²) in [6.45, 7) is 9.89. The van der Waals surface area contributed by atoms with Gasteiger partial charge in [0.05, 0.1) is 11.7 Å². The molecule has 1 saturated carbocycles. The van der Waals surface area contributed by atoms with E-state index in [4.69, 9.17) is 4.74 Å². The average molecular weight is 360 g/mol. The van der Waals surface area contributed by atoms with Gasteiger partial charge in [0, 0.05) is 0 Å². The number of rotatable bonds is 3. The third kappa shape index (κ3) is 3.41. The SMILES string of the molecule is Cc1ccc2c(c1C(OC(C)(C)C)C(=O)O)C1(CCC(C)CC1)CC2O. The van der Waals surface area contributed by atoms with Gasteiger partial charge in [-0.3, -0.25) is 0 Å². The first kappa shape index (κ1) is 19.4. The van der Waals surface area contributed by atoms with Crippen molar-refractivity contribution in [3.05, 3.63) is 34.4 Å². The van der Waals surface area contributed by atoms with Crippen LogP contribution in [0.4, 0.5) is 0 Å². The number of aliphatic hydroxyl groups is 1. The monoisotopic (exact) mass is 360 g/mol. The number of aryl methyl sites for hydroxylation is 1. The van der Waals surface area contributed by atoms with Gasteiger partial charge in [0.1, 0.15) is 0 Å². The van der Waals surface area contributed by atoms with Crippen LogP contribution in [0.25, 0.3) is 0 Å². The second-order valence-electron chi connectivity index (χ2n) is 9.39. The van der Waals surface area contributed by atoms with E-state index in [9.17, 15) is 15.0 Å². The maximum absolute atomic E-state index is 12.1. The van der Waals surface area contributed by atoms with Gasteiger partial charge in [-0.2, -0.15) is 0 Å². The fraction of sp³-hybridized carbons (Fsp3) is 0.682. The molecule has 1 aromatic rings. The summed E-state index contributed by atoms with van der Waals surface area (Å²) in [5.41, 5.74) is 3.00. The third-order valence-corrected chi connectivity index (χ3v) is 6.16. The number of hydrogen-bond donors (Lipinski definition) is 2. The van der Waals surface area contributed by atoms with Crippen molar-refractivity contribution < 1.29 is 19.7 Å². The molecule has 1 aromatic carbocycles. The Morgan fingerprint density at radius 3 is 2.42 bits per heavy atom. The van der Waals surface area contributed by atoms with Gasteiger partial charge in [0.15, 0.2) is 6.10 Å². The van der Waals surface area contributed by atoms with Gasteiger partial charge in [-0.25, -0.2) is 4.79 Å². The minimum Gasteiger partial charge on any atom is -0.479 e. The first-order valence-electron chi connectivity index (χ1n) is 9.77. The molecule has 144 valence electrons. The largest absolute Gasteiger partial charge is 0.479 e. The quantitative estimate of drug-likeness (QED) is 0.811. The predicted molar refractivity (Wildman–Crippen MR) is 101 cm³/mol. The number of ether oxygens (including phenoxy) is 1. The van der Waals surface area contributed by atoms with Crippen molar-refractivity contribution in [2.75, 3.05) is 0 Å². The zero-order chi connectivity index (χ0) is 19.3. The van der Waals surface area contributed by atoms with Crippen LogP contribution in [0.2, 0.25) is 0 Å². The molecular weight excluding hydrogens is 328 g/mol. The molecule has 0 heterocycles. The lowest BCUT2D eigenvalue weighted by molar-refractivity contribution is -0.160. The van der Waals surface area contributed by atoms with Crippen molar-refractivity contribution >= 4 is 5.97 Å². The zero-order valence-corrected chi connectivity index (χ0v) is 16.6. The number of fused-ring (bicyclic) bond motifs is 2. The number of aliphatic carboxylic acids is 1. The van der Waals surface area contributed by atoms with Gasteiger partial charge in [0.2, 0.25) is 0 Å². The molecule has 0 aliphatic heterocycles. The van der Waals surface area contributed by atoms with Crippen LogP contribution >= 0.6 is 0 Å². The fourth-order valence-electron chi connectivity index (χ4n) is 4.89. The first-order valence-corrected chi connectivity index (χ1v) is 9.77. The Labute approximate surface area is 156 Å². The molecule has 2 aliphatic rings. The smallest absolute Gasteiger partial charge is 0.337 e. The Morgan fingerprint density at radius 2 is 1.88 bits per heavy atom. The maximum Gasteiger partial charge on any atom is 0.337 e. The molecule has 0 radical (unpaired) electrons. The predicted octanol–water partition coefficient (Wildman–Crippen LogP) is 4.82. The normalized spacial score (nSPS) is 29.6. The van der Waals surface area contributed by atoms with Crippen molar-refractivity contribution in [2.24, 2.45) is 5.92 Å². The highest BCUT2D eigenvalue weighted by Crippen LogP contribution is 2.56. The molecule has 0 amide bonds. The Bertz CT molecular complexity index is 693. The van der Waals surface area contributed by atoms with E-state index in [1.807, 2.05) is 39.8 Å². The molecule has 0 bridgehead atoms. The molecule has 1 fully saturated rings. The molecule has 1 spiro atoms. The highest BCUT2D eigenvalue weighted by atomic mass is 16.5. The molecule has 2 N–H and O–H groups in total. The van der Waals surface area contributed by atoms with Crippen LogP contribution < -0.4 is 0 Å². The second kappa shape index (κ2) is 6.65. The molecule has 4 nitrogen and oxygen atoms in total. The summed E-state index contributed by atoms with van der Waals surface area (Å²) < 4.78 is 6.00. The van der Waals surface area contributed by atoms with Crippen LogP contribution in [0.5, 0.6) is 0 Å². The van der Waals surface area contributed by atoms with E-state index in [-0.39, 0.29) is 5.41 Å². The fourth-order valence-corrected chi connectivity index (χ4v) is 4.89. The average Bonchev–Trinajstić information content (AvgIpc) is 2.80. The first-order chi connectivity index (χ1) is 12.0. The van der Waals surface area contributed by atoms with Crippen LogP contribution in [0.15, 0.2) is 12.1 Å². The minimum absolute atomic E-state index is 0.114. The lowest BCUT2D eigenvalue weighted by Crippen LogP contribution is -2.34. The van der Waals surface area contributed by atoms with E-state index in [0.29, 0.717) is 12.3 Å². The number of carboxylic acids is 1. The minimum atomic E-state index is -1.01. The topological polar surface area (TPSA) is 66.8 Å². The zero-order valence-electron chi connectivity index (χ0n) is 16.6. The molecule has 0 saturated heterocycles. The number of carbonyl (C=O) groups is 1. The van der Waals surface area contributed by atoms with Gasteiger partial charge in [-0.1, -0.05) is 19.1 Å². The van der Waals surface area contributed by atoms with Gasteiger partial charge in [0.25, 0.3) is 0 Å². The number of aliphatic hydroxyl groups excluding tert-OH is 1.